The predicted molar refractivity (Wildman–Crippen MR) is 76.8 cm³/mol. The molecule has 0 bridgehead atoms. The first-order valence-electron chi connectivity index (χ1n) is 6.55. The smallest absolute Gasteiger partial charge is 0.283 e. The summed E-state index contributed by atoms with van der Waals surface area (Å²) in [5.74, 6) is 0.352. The second-order valence-electron chi connectivity index (χ2n) is 4.82. The first kappa shape index (κ1) is 14.5. The zero-order valence-corrected chi connectivity index (χ0v) is 12.2. The lowest BCUT2D eigenvalue weighted by atomic mass is 10.2. The van der Waals surface area contributed by atoms with Gasteiger partial charge in [-0.1, -0.05) is 17.7 Å². The summed E-state index contributed by atoms with van der Waals surface area (Å²) in [6.45, 7) is 3.43. The minimum atomic E-state index is -3.74. The van der Waals surface area contributed by atoms with Crippen LogP contribution in [0, 0.1) is 18.3 Å². The van der Waals surface area contributed by atoms with E-state index in [1.165, 1.54) is 0 Å². The zero-order chi connectivity index (χ0) is 14.6. The number of nitrogens with zero attached hydrogens (tertiary/aromatic N) is 3. The van der Waals surface area contributed by atoms with Crippen LogP contribution in [0.2, 0.25) is 0 Å². The van der Waals surface area contributed by atoms with Gasteiger partial charge in [-0.2, -0.15) is 13.7 Å². The van der Waals surface area contributed by atoms with Crippen LogP contribution < -0.4 is 0 Å². The van der Waals surface area contributed by atoms with E-state index < -0.39 is 10.0 Å². The number of rotatable bonds is 3. The van der Waals surface area contributed by atoms with Gasteiger partial charge in [0.1, 0.15) is 5.84 Å². The van der Waals surface area contributed by atoms with Crippen molar-refractivity contribution in [1.82, 2.24) is 4.90 Å². The standard InChI is InChI=1S/C14H17N3O2S/c1-12-4-6-13(7-5-12)20(18,19)16-14(8-9-15)17-10-2-3-11-17/h4-7H,2-3,8,10-11H2,1H3/b16-14-. The fourth-order valence-electron chi connectivity index (χ4n) is 2.15. The number of aryl methyl sites for hydroxylation is 1. The number of sulfonamides is 1. The highest BCUT2D eigenvalue weighted by Crippen LogP contribution is 2.16. The molecule has 0 spiro atoms. The van der Waals surface area contributed by atoms with Crippen LogP contribution in [0.15, 0.2) is 33.6 Å². The second kappa shape index (κ2) is 6.06. The van der Waals surface area contributed by atoms with Gasteiger partial charge in [-0.15, -0.1) is 4.40 Å². The Balaban J connectivity index is 2.33. The van der Waals surface area contributed by atoms with E-state index in [-0.39, 0.29) is 11.3 Å². The summed E-state index contributed by atoms with van der Waals surface area (Å²) in [7, 11) is -3.74. The van der Waals surface area contributed by atoms with Crippen LogP contribution >= 0.6 is 0 Å². The van der Waals surface area contributed by atoms with Crippen LogP contribution in [0.25, 0.3) is 0 Å². The van der Waals surface area contributed by atoms with Crippen molar-refractivity contribution >= 4 is 15.9 Å². The van der Waals surface area contributed by atoms with Crippen molar-refractivity contribution in [1.29, 1.82) is 5.26 Å². The average molecular weight is 291 g/mol. The van der Waals surface area contributed by atoms with Gasteiger partial charge in [0.05, 0.1) is 17.4 Å². The van der Waals surface area contributed by atoms with E-state index in [0.717, 1.165) is 31.5 Å². The van der Waals surface area contributed by atoms with Gasteiger partial charge in [-0.25, -0.2) is 0 Å². The number of hydrogen-bond acceptors (Lipinski definition) is 3. The Hall–Kier alpha value is -1.87. The van der Waals surface area contributed by atoms with E-state index in [9.17, 15) is 8.42 Å². The SMILES string of the molecule is Cc1ccc(S(=O)(=O)/N=C(/CC#N)N2CCCC2)cc1. The maximum atomic E-state index is 12.3. The van der Waals surface area contributed by atoms with E-state index in [1.807, 2.05) is 17.9 Å². The summed E-state index contributed by atoms with van der Waals surface area (Å²) >= 11 is 0. The molecule has 0 radical (unpaired) electrons. The molecule has 1 heterocycles. The summed E-state index contributed by atoms with van der Waals surface area (Å²) in [6, 6.07) is 8.56. The number of nitriles is 1. The second-order valence-corrected chi connectivity index (χ2v) is 6.43. The third-order valence-corrected chi connectivity index (χ3v) is 4.57. The fraction of sp³-hybridized carbons (Fsp3) is 0.429. The first-order valence-corrected chi connectivity index (χ1v) is 7.99. The molecule has 0 aliphatic carbocycles. The van der Waals surface area contributed by atoms with Gasteiger partial charge in [0.25, 0.3) is 10.0 Å². The molecule has 0 saturated carbocycles. The molecule has 20 heavy (non-hydrogen) atoms. The normalized spacial score (nSPS) is 16.2. The van der Waals surface area contributed by atoms with E-state index in [2.05, 4.69) is 4.40 Å². The Morgan fingerprint density at radius 3 is 2.45 bits per heavy atom. The Kier molecular flexibility index (Phi) is 4.40. The van der Waals surface area contributed by atoms with Crippen molar-refractivity contribution in [3.63, 3.8) is 0 Å². The number of likely N-dealkylation sites (tertiary alicyclic amines) is 1. The van der Waals surface area contributed by atoms with Gasteiger partial charge in [0.2, 0.25) is 0 Å². The van der Waals surface area contributed by atoms with Crippen molar-refractivity contribution < 1.29 is 8.42 Å². The molecule has 0 aromatic heterocycles. The van der Waals surface area contributed by atoms with Crippen LogP contribution in [0.1, 0.15) is 24.8 Å². The van der Waals surface area contributed by atoms with Crippen LogP contribution in [0.4, 0.5) is 0 Å². The molecule has 1 aromatic carbocycles. The first-order chi connectivity index (χ1) is 9.53. The molecule has 5 nitrogen and oxygen atoms in total. The maximum absolute atomic E-state index is 12.3. The molecule has 1 fully saturated rings. The summed E-state index contributed by atoms with van der Waals surface area (Å²) in [5.41, 5.74) is 0.990. The largest absolute Gasteiger partial charge is 0.358 e. The van der Waals surface area contributed by atoms with E-state index in [1.54, 1.807) is 24.3 Å². The van der Waals surface area contributed by atoms with Crippen molar-refractivity contribution in [2.45, 2.75) is 31.1 Å². The molecular weight excluding hydrogens is 274 g/mol. The summed E-state index contributed by atoms with van der Waals surface area (Å²) in [4.78, 5) is 2.05. The molecule has 1 aromatic rings. The Bertz CT molecular complexity index is 636. The molecule has 1 saturated heterocycles. The molecular formula is C14H17N3O2S. The minimum Gasteiger partial charge on any atom is -0.358 e. The Labute approximate surface area is 119 Å². The van der Waals surface area contributed by atoms with Crippen molar-refractivity contribution in [3.05, 3.63) is 29.8 Å². The average Bonchev–Trinajstić information content (AvgIpc) is 2.92. The van der Waals surface area contributed by atoms with Crippen LogP contribution in [-0.4, -0.2) is 32.2 Å². The lowest BCUT2D eigenvalue weighted by Gasteiger charge is -2.17. The molecule has 2 rings (SSSR count). The van der Waals surface area contributed by atoms with Crippen molar-refractivity contribution in [3.8, 4) is 6.07 Å². The third kappa shape index (κ3) is 3.36. The fourth-order valence-corrected chi connectivity index (χ4v) is 3.19. The van der Waals surface area contributed by atoms with Gasteiger partial charge in [-0.3, -0.25) is 0 Å². The maximum Gasteiger partial charge on any atom is 0.283 e. The highest BCUT2D eigenvalue weighted by molar-refractivity contribution is 7.90. The van der Waals surface area contributed by atoms with Crippen molar-refractivity contribution in [2.24, 2.45) is 4.40 Å². The van der Waals surface area contributed by atoms with Crippen LogP contribution in [0.5, 0.6) is 0 Å². The van der Waals surface area contributed by atoms with Gasteiger partial charge in [0.15, 0.2) is 0 Å². The van der Waals surface area contributed by atoms with E-state index in [0.29, 0.717) is 5.84 Å². The molecule has 0 N–H and O–H groups in total. The topological polar surface area (TPSA) is 73.5 Å². The van der Waals surface area contributed by atoms with E-state index >= 15 is 0 Å². The summed E-state index contributed by atoms with van der Waals surface area (Å²) < 4.78 is 28.4. The molecule has 0 amide bonds. The van der Waals surface area contributed by atoms with Gasteiger partial charge >= 0.3 is 0 Å². The molecule has 0 unspecified atom stereocenters. The Morgan fingerprint density at radius 1 is 1.30 bits per heavy atom. The highest BCUT2D eigenvalue weighted by Gasteiger charge is 2.20. The molecule has 1 aliphatic heterocycles. The predicted octanol–water partition coefficient (Wildman–Crippen LogP) is 2.09. The minimum absolute atomic E-state index is 0.0189. The lowest BCUT2D eigenvalue weighted by Crippen LogP contribution is -2.28. The molecule has 6 heteroatoms. The molecule has 106 valence electrons. The quantitative estimate of drug-likeness (QED) is 0.631. The molecule has 0 atom stereocenters. The number of benzene rings is 1. The van der Waals surface area contributed by atoms with Gasteiger partial charge < -0.3 is 4.90 Å². The zero-order valence-electron chi connectivity index (χ0n) is 11.4. The lowest BCUT2D eigenvalue weighted by molar-refractivity contribution is 0.512. The van der Waals surface area contributed by atoms with Crippen LogP contribution in [0.3, 0.4) is 0 Å². The number of amidine groups is 1. The van der Waals surface area contributed by atoms with E-state index in [4.69, 9.17) is 5.26 Å². The van der Waals surface area contributed by atoms with Crippen molar-refractivity contribution in [2.75, 3.05) is 13.1 Å². The summed E-state index contributed by atoms with van der Waals surface area (Å²) in [6.07, 6.45) is 2.04. The monoisotopic (exact) mass is 291 g/mol. The van der Waals surface area contributed by atoms with Crippen LogP contribution in [-0.2, 0) is 10.0 Å². The number of hydrogen-bond donors (Lipinski definition) is 0. The van der Waals surface area contributed by atoms with Gasteiger partial charge in [-0.05, 0) is 31.9 Å². The van der Waals surface area contributed by atoms with Gasteiger partial charge in [0, 0.05) is 13.1 Å². The summed E-state index contributed by atoms with van der Waals surface area (Å²) in [5, 5.41) is 8.85. The highest BCUT2D eigenvalue weighted by atomic mass is 32.2. The Morgan fingerprint density at radius 2 is 1.90 bits per heavy atom. The third-order valence-electron chi connectivity index (χ3n) is 3.25. The molecule has 1 aliphatic rings.